The van der Waals surface area contributed by atoms with Crippen molar-refractivity contribution in [2.45, 2.75) is 116 Å². The number of rotatable bonds is 19. The van der Waals surface area contributed by atoms with E-state index in [1.807, 2.05) is 6.92 Å². The Balaban J connectivity index is 0.000000818. The van der Waals surface area contributed by atoms with Gasteiger partial charge in [-0.2, -0.15) is 0 Å². The van der Waals surface area contributed by atoms with Gasteiger partial charge in [-0.25, -0.2) is 8.42 Å². The SMILES string of the molecule is CCCCCCCC[N+](C)(CCCCBr)CCCCCCCC.Cc1ccc(S(=O)(=O)[O-])cc1. The van der Waals surface area contributed by atoms with Crippen LogP contribution in [0.2, 0.25) is 0 Å². The van der Waals surface area contributed by atoms with E-state index in [0.717, 1.165) is 5.56 Å². The van der Waals surface area contributed by atoms with Crippen LogP contribution in [0.4, 0.5) is 0 Å². The van der Waals surface area contributed by atoms with Crippen LogP contribution in [0.15, 0.2) is 29.2 Å². The summed E-state index contributed by atoms with van der Waals surface area (Å²) < 4.78 is 32.5. The molecule has 0 aliphatic carbocycles. The monoisotopic (exact) mass is 561 g/mol. The van der Waals surface area contributed by atoms with Crippen LogP contribution in [0.25, 0.3) is 0 Å². The molecule has 1 aromatic rings. The van der Waals surface area contributed by atoms with Crippen molar-refractivity contribution in [3.63, 3.8) is 0 Å². The van der Waals surface area contributed by atoms with Gasteiger partial charge in [0, 0.05) is 5.33 Å². The number of alkyl halides is 1. The number of halogens is 1. The molecule has 0 saturated carbocycles. The Morgan fingerprint density at radius 3 is 1.47 bits per heavy atom. The fourth-order valence-electron chi connectivity index (χ4n) is 4.18. The topological polar surface area (TPSA) is 57.2 Å². The largest absolute Gasteiger partial charge is 0.744 e. The summed E-state index contributed by atoms with van der Waals surface area (Å²) in [5.41, 5.74) is 0.928. The van der Waals surface area contributed by atoms with Crippen LogP contribution in [-0.4, -0.2) is 49.5 Å². The molecule has 34 heavy (non-hydrogen) atoms. The first-order chi connectivity index (χ1) is 16.2. The molecule has 6 heteroatoms. The van der Waals surface area contributed by atoms with Gasteiger partial charge in [0.25, 0.3) is 0 Å². The molecule has 0 unspecified atom stereocenters. The van der Waals surface area contributed by atoms with Crippen molar-refractivity contribution in [2.75, 3.05) is 32.0 Å². The van der Waals surface area contributed by atoms with Gasteiger partial charge in [0.15, 0.2) is 0 Å². The molecule has 0 amide bonds. The standard InChI is InChI=1S/C21H45BrN.C7H8O3S/c1-4-6-8-10-12-15-19-23(3,21-17-14-18-22)20-16-13-11-9-7-5-2;1-6-2-4-7(5-3-6)11(8,9)10/h4-21H2,1-3H3;2-5H,1H3,(H,8,9,10)/q+1;/p-1. The van der Waals surface area contributed by atoms with Gasteiger partial charge in [-0.15, -0.1) is 0 Å². The molecule has 1 aromatic carbocycles. The molecule has 0 aliphatic heterocycles. The van der Waals surface area contributed by atoms with Crippen molar-refractivity contribution in [3.8, 4) is 0 Å². The van der Waals surface area contributed by atoms with E-state index in [2.05, 4.69) is 36.8 Å². The Bertz CT molecular complexity index is 676. The van der Waals surface area contributed by atoms with Crippen molar-refractivity contribution in [3.05, 3.63) is 29.8 Å². The van der Waals surface area contributed by atoms with Crippen LogP contribution >= 0.6 is 15.9 Å². The highest BCUT2D eigenvalue weighted by atomic mass is 79.9. The molecule has 0 bridgehead atoms. The minimum Gasteiger partial charge on any atom is -0.744 e. The van der Waals surface area contributed by atoms with E-state index in [1.165, 1.54) is 131 Å². The van der Waals surface area contributed by atoms with E-state index in [9.17, 15) is 13.0 Å². The van der Waals surface area contributed by atoms with Crippen molar-refractivity contribution in [2.24, 2.45) is 0 Å². The number of nitrogens with zero attached hydrogens (tertiary/aromatic N) is 1. The van der Waals surface area contributed by atoms with Crippen LogP contribution in [0.1, 0.15) is 109 Å². The number of benzene rings is 1. The molecule has 200 valence electrons. The first kappa shape index (κ1) is 33.6. The number of unbranched alkanes of at least 4 members (excludes halogenated alkanes) is 11. The zero-order valence-electron chi connectivity index (χ0n) is 22.5. The predicted molar refractivity (Wildman–Crippen MR) is 150 cm³/mol. The Hall–Kier alpha value is -0.430. The maximum Gasteiger partial charge on any atom is 0.124 e. The second-order valence-electron chi connectivity index (χ2n) is 9.99. The second kappa shape index (κ2) is 20.7. The summed E-state index contributed by atoms with van der Waals surface area (Å²) in [5.74, 6) is 0. The van der Waals surface area contributed by atoms with E-state index in [1.54, 1.807) is 12.1 Å². The summed E-state index contributed by atoms with van der Waals surface area (Å²) in [6.07, 6.45) is 19.8. The first-order valence-electron chi connectivity index (χ1n) is 13.6. The predicted octanol–water partition coefficient (Wildman–Crippen LogP) is 8.23. The maximum atomic E-state index is 10.4. The summed E-state index contributed by atoms with van der Waals surface area (Å²) in [5, 5.41) is 1.17. The number of hydrogen-bond donors (Lipinski definition) is 0. The van der Waals surface area contributed by atoms with Crippen molar-refractivity contribution in [1.82, 2.24) is 0 Å². The summed E-state index contributed by atoms with van der Waals surface area (Å²) in [6.45, 7) is 10.6. The van der Waals surface area contributed by atoms with E-state index >= 15 is 0 Å². The van der Waals surface area contributed by atoms with Gasteiger partial charge < -0.3 is 9.04 Å². The average molecular weight is 563 g/mol. The molecule has 0 aliphatic rings. The summed E-state index contributed by atoms with van der Waals surface area (Å²) in [6, 6.07) is 5.78. The van der Waals surface area contributed by atoms with Gasteiger partial charge in [-0.05, 0) is 57.6 Å². The lowest BCUT2D eigenvalue weighted by molar-refractivity contribution is -0.910. The minimum atomic E-state index is -4.27. The van der Waals surface area contributed by atoms with Gasteiger partial charge in [0.1, 0.15) is 10.1 Å². The van der Waals surface area contributed by atoms with Crippen molar-refractivity contribution >= 4 is 26.0 Å². The third-order valence-corrected chi connectivity index (χ3v) is 7.90. The highest BCUT2D eigenvalue weighted by Crippen LogP contribution is 2.15. The highest BCUT2D eigenvalue weighted by Gasteiger charge is 2.19. The summed E-state index contributed by atoms with van der Waals surface area (Å²) in [7, 11) is -1.75. The lowest BCUT2D eigenvalue weighted by Gasteiger charge is -2.35. The number of hydrogen-bond acceptors (Lipinski definition) is 3. The molecular weight excluding hydrogens is 510 g/mol. The van der Waals surface area contributed by atoms with Crippen molar-refractivity contribution in [1.29, 1.82) is 0 Å². The minimum absolute atomic E-state index is 0.178. The Morgan fingerprint density at radius 2 is 1.09 bits per heavy atom. The molecule has 4 nitrogen and oxygen atoms in total. The van der Waals surface area contributed by atoms with Gasteiger partial charge in [0.05, 0.1) is 31.6 Å². The van der Waals surface area contributed by atoms with E-state index in [-0.39, 0.29) is 4.90 Å². The Morgan fingerprint density at radius 1 is 0.706 bits per heavy atom. The quantitative estimate of drug-likeness (QED) is 0.0739. The third kappa shape index (κ3) is 18.8. The zero-order chi connectivity index (χ0) is 25.7. The summed E-state index contributed by atoms with van der Waals surface area (Å²) >= 11 is 3.59. The fraction of sp³-hybridized carbons (Fsp3) is 0.786. The molecular formula is C28H52BrNO3S. The fourth-order valence-corrected chi connectivity index (χ4v) is 5.04. The van der Waals surface area contributed by atoms with Gasteiger partial charge in [-0.1, -0.05) is 98.8 Å². The van der Waals surface area contributed by atoms with E-state index in [4.69, 9.17) is 0 Å². The van der Waals surface area contributed by atoms with Crippen LogP contribution < -0.4 is 0 Å². The smallest absolute Gasteiger partial charge is 0.124 e. The Kier molecular flexibility index (Phi) is 20.5. The molecule has 0 aromatic heterocycles. The van der Waals surface area contributed by atoms with E-state index in [0.29, 0.717) is 0 Å². The van der Waals surface area contributed by atoms with Crippen LogP contribution in [-0.2, 0) is 10.1 Å². The maximum absolute atomic E-state index is 10.4. The van der Waals surface area contributed by atoms with Crippen LogP contribution in [0, 0.1) is 6.92 Å². The summed E-state index contributed by atoms with van der Waals surface area (Å²) in [4.78, 5) is -0.178. The molecule has 0 heterocycles. The third-order valence-electron chi connectivity index (χ3n) is 6.49. The van der Waals surface area contributed by atoms with Gasteiger partial charge in [-0.3, -0.25) is 0 Å². The molecule has 0 spiro atoms. The van der Waals surface area contributed by atoms with E-state index < -0.39 is 10.1 Å². The van der Waals surface area contributed by atoms with Gasteiger partial charge in [0.2, 0.25) is 0 Å². The normalized spacial score (nSPS) is 11.8. The molecule has 0 atom stereocenters. The van der Waals surface area contributed by atoms with Crippen LogP contribution in [0.3, 0.4) is 0 Å². The lowest BCUT2D eigenvalue weighted by Crippen LogP contribution is -2.46. The van der Waals surface area contributed by atoms with Crippen LogP contribution in [0.5, 0.6) is 0 Å². The Labute approximate surface area is 220 Å². The van der Waals surface area contributed by atoms with Crippen molar-refractivity contribution < 1.29 is 17.5 Å². The van der Waals surface area contributed by atoms with Gasteiger partial charge >= 0.3 is 0 Å². The lowest BCUT2D eigenvalue weighted by atomic mass is 10.1. The molecule has 1 rings (SSSR count). The molecule has 0 saturated heterocycles. The highest BCUT2D eigenvalue weighted by molar-refractivity contribution is 9.09. The molecule has 0 fully saturated rings. The average Bonchev–Trinajstić information content (AvgIpc) is 2.79. The first-order valence-corrected chi connectivity index (χ1v) is 16.1. The number of aryl methyl sites for hydroxylation is 1. The number of quaternary nitrogens is 1. The molecule has 0 radical (unpaired) electrons. The second-order valence-corrected chi connectivity index (χ2v) is 12.2. The molecule has 0 N–H and O–H groups in total. The zero-order valence-corrected chi connectivity index (χ0v) is 24.9.